The first-order chi connectivity index (χ1) is 6.87. The molecule has 0 fully saturated rings. The van der Waals surface area contributed by atoms with Gasteiger partial charge in [-0.2, -0.15) is 0 Å². The molecule has 0 aromatic carbocycles. The largest absolute Gasteiger partial charge is 0.467 e. The summed E-state index contributed by atoms with van der Waals surface area (Å²) in [5.41, 5.74) is -0.619. The quantitative estimate of drug-likeness (QED) is 0.805. The van der Waals surface area contributed by atoms with Crippen LogP contribution in [0.3, 0.4) is 0 Å². The predicted octanol–water partition coefficient (Wildman–Crippen LogP) is 2.36. The van der Waals surface area contributed by atoms with Crippen molar-refractivity contribution in [3.05, 3.63) is 24.2 Å². The van der Waals surface area contributed by atoms with E-state index in [2.05, 4.69) is 0 Å². The topological polar surface area (TPSA) is 53.6 Å². The van der Waals surface area contributed by atoms with E-state index < -0.39 is 17.6 Å². The summed E-state index contributed by atoms with van der Waals surface area (Å²) in [6.07, 6.45) is 0.165. The monoisotopic (exact) mass is 212 g/mol. The molecular formula is C12H20O3. The minimum absolute atomic E-state index is 0.101. The molecule has 0 aliphatic carbocycles. The Hall–Kier alpha value is -0.800. The Morgan fingerprint density at radius 3 is 2.27 bits per heavy atom. The number of rotatable bonds is 4. The first kappa shape index (κ1) is 12.3. The summed E-state index contributed by atoms with van der Waals surface area (Å²) in [6, 6.07) is 3.45. The molecule has 3 nitrogen and oxygen atoms in total. The van der Waals surface area contributed by atoms with Gasteiger partial charge in [0.1, 0.15) is 11.9 Å². The van der Waals surface area contributed by atoms with Crippen molar-refractivity contribution in [2.24, 2.45) is 11.3 Å². The van der Waals surface area contributed by atoms with Gasteiger partial charge in [0.2, 0.25) is 0 Å². The van der Waals surface area contributed by atoms with E-state index in [-0.39, 0.29) is 5.92 Å². The first-order valence-electron chi connectivity index (χ1n) is 5.27. The molecular weight excluding hydrogens is 192 g/mol. The van der Waals surface area contributed by atoms with Crippen molar-refractivity contribution in [2.75, 3.05) is 0 Å². The molecule has 86 valence electrons. The molecule has 15 heavy (non-hydrogen) atoms. The maximum Gasteiger partial charge on any atom is 0.132 e. The van der Waals surface area contributed by atoms with E-state index >= 15 is 0 Å². The Morgan fingerprint density at radius 1 is 1.27 bits per heavy atom. The van der Waals surface area contributed by atoms with Crippen LogP contribution in [-0.2, 0) is 0 Å². The van der Waals surface area contributed by atoms with Crippen LogP contribution in [0.25, 0.3) is 0 Å². The Bertz CT molecular complexity index is 288. The SMILES string of the molecule is CC(C)C(O)C(C)(C)C(O)c1ccco1. The lowest BCUT2D eigenvalue weighted by Gasteiger charge is -2.36. The Morgan fingerprint density at radius 2 is 1.87 bits per heavy atom. The van der Waals surface area contributed by atoms with Crippen LogP contribution in [0.15, 0.2) is 22.8 Å². The van der Waals surface area contributed by atoms with Gasteiger partial charge in [0, 0.05) is 5.41 Å². The van der Waals surface area contributed by atoms with Crippen molar-refractivity contribution in [1.82, 2.24) is 0 Å². The number of hydrogen-bond acceptors (Lipinski definition) is 3. The van der Waals surface area contributed by atoms with Gasteiger partial charge in [-0.25, -0.2) is 0 Å². The highest BCUT2D eigenvalue weighted by Crippen LogP contribution is 2.38. The van der Waals surface area contributed by atoms with Crippen LogP contribution < -0.4 is 0 Å². The molecule has 1 aromatic heterocycles. The number of hydrogen-bond donors (Lipinski definition) is 2. The third kappa shape index (κ3) is 2.41. The predicted molar refractivity (Wildman–Crippen MR) is 58.3 cm³/mol. The van der Waals surface area contributed by atoms with Gasteiger partial charge in [-0.05, 0) is 18.1 Å². The van der Waals surface area contributed by atoms with E-state index in [9.17, 15) is 10.2 Å². The summed E-state index contributed by atoms with van der Waals surface area (Å²) in [7, 11) is 0. The molecule has 3 heteroatoms. The van der Waals surface area contributed by atoms with E-state index in [0.29, 0.717) is 5.76 Å². The molecule has 1 rings (SSSR count). The van der Waals surface area contributed by atoms with Crippen LogP contribution in [0.1, 0.15) is 39.6 Å². The molecule has 0 radical (unpaired) electrons. The van der Waals surface area contributed by atoms with Crippen LogP contribution in [0.4, 0.5) is 0 Å². The van der Waals surface area contributed by atoms with Gasteiger partial charge < -0.3 is 14.6 Å². The lowest BCUT2D eigenvalue weighted by Crippen LogP contribution is -2.38. The minimum Gasteiger partial charge on any atom is -0.467 e. The van der Waals surface area contributed by atoms with Gasteiger partial charge in [-0.3, -0.25) is 0 Å². The maximum atomic E-state index is 10.1. The normalized spacial score (nSPS) is 16.7. The maximum absolute atomic E-state index is 10.1. The van der Waals surface area contributed by atoms with E-state index in [0.717, 1.165) is 0 Å². The molecule has 0 aliphatic heterocycles. The van der Waals surface area contributed by atoms with Crippen LogP contribution >= 0.6 is 0 Å². The zero-order valence-electron chi connectivity index (χ0n) is 9.77. The molecule has 2 atom stereocenters. The number of furan rings is 1. The summed E-state index contributed by atoms with van der Waals surface area (Å²) in [6.45, 7) is 7.54. The second-order valence-electron chi connectivity index (χ2n) is 4.93. The smallest absolute Gasteiger partial charge is 0.132 e. The molecule has 1 heterocycles. The fourth-order valence-corrected chi connectivity index (χ4v) is 1.83. The first-order valence-corrected chi connectivity index (χ1v) is 5.27. The van der Waals surface area contributed by atoms with Crippen LogP contribution in [0.2, 0.25) is 0 Å². The van der Waals surface area contributed by atoms with Gasteiger partial charge in [0.15, 0.2) is 0 Å². The van der Waals surface area contributed by atoms with Crippen molar-refractivity contribution < 1.29 is 14.6 Å². The average Bonchev–Trinajstić information content (AvgIpc) is 2.67. The zero-order valence-corrected chi connectivity index (χ0v) is 9.77. The van der Waals surface area contributed by atoms with Crippen molar-refractivity contribution in [2.45, 2.75) is 39.9 Å². The van der Waals surface area contributed by atoms with Gasteiger partial charge in [-0.15, -0.1) is 0 Å². The molecule has 0 spiro atoms. The van der Waals surface area contributed by atoms with E-state index in [4.69, 9.17) is 4.42 Å². The Balaban J connectivity index is 2.86. The molecule has 0 bridgehead atoms. The minimum atomic E-state index is -0.787. The molecule has 0 saturated carbocycles. The summed E-state index contributed by atoms with van der Waals surface area (Å²) in [5, 5.41) is 20.1. The molecule has 0 amide bonds. The number of aliphatic hydroxyl groups is 2. The number of aliphatic hydroxyl groups excluding tert-OH is 2. The summed E-state index contributed by atoms with van der Waals surface area (Å²) >= 11 is 0. The van der Waals surface area contributed by atoms with Crippen LogP contribution in [-0.4, -0.2) is 16.3 Å². The fraction of sp³-hybridized carbons (Fsp3) is 0.667. The summed E-state index contributed by atoms with van der Waals surface area (Å²) in [5.74, 6) is 0.601. The Kier molecular flexibility index (Phi) is 3.58. The molecule has 2 unspecified atom stereocenters. The van der Waals surface area contributed by atoms with E-state index in [1.807, 2.05) is 27.7 Å². The molecule has 2 N–H and O–H groups in total. The fourth-order valence-electron chi connectivity index (χ4n) is 1.83. The van der Waals surface area contributed by atoms with Crippen molar-refractivity contribution in [1.29, 1.82) is 0 Å². The van der Waals surface area contributed by atoms with E-state index in [1.165, 1.54) is 6.26 Å². The lowest BCUT2D eigenvalue weighted by atomic mass is 9.75. The molecule has 1 aromatic rings. The lowest BCUT2D eigenvalue weighted by molar-refractivity contribution is -0.0770. The van der Waals surface area contributed by atoms with Crippen molar-refractivity contribution in [3.8, 4) is 0 Å². The summed E-state index contributed by atoms with van der Waals surface area (Å²) in [4.78, 5) is 0. The second kappa shape index (κ2) is 4.37. The summed E-state index contributed by atoms with van der Waals surface area (Å²) < 4.78 is 5.15. The van der Waals surface area contributed by atoms with E-state index in [1.54, 1.807) is 12.1 Å². The Labute approximate surface area is 90.7 Å². The van der Waals surface area contributed by atoms with Gasteiger partial charge in [0.25, 0.3) is 0 Å². The van der Waals surface area contributed by atoms with Gasteiger partial charge in [-0.1, -0.05) is 27.7 Å². The van der Waals surface area contributed by atoms with Gasteiger partial charge >= 0.3 is 0 Å². The van der Waals surface area contributed by atoms with Gasteiger partial charge in [0.05, 0.1) is 12.4 Å². The highest BCUT2D eigenvalue weighted by atomic mass is 16.4. The van der Waals surface area contributed by atoms with Crippen LogP contribution in [0.5, 0.6) is 0 Å². The van der Waals surface area contributed by atoms with Crippen molar-refractivity contribution in [3.63, 3.8) is 0 Å². The molecule has 0 saturated heterocycles. The zero-order chi connectivity index (χ0) is 11.6. The highest BCUT2D eigenvalue weighted by molar-refractivity contribution is 5.06. The third-order valence-electron chi connectivity index (χ3n) is 2.91. The standard InChI is InChI=1S/C12H20O3/c1-8(2)10(13)12(3,4)11(14)9-6-5-7-15-9/h5-8,10-11,13-14H,1-4H3. The van der Waals surface area contributed by atoms with Crippen molar-refractivity contribution >= 4 is 0 Å². The second-order valence-corrected chi connectivity index (χ2v) is 4.93. The van der Waals surface area contributed by atoms with Crippen LogP contribution in [0, 0.1) is 11.3 Å². The molecule has 0 aliphatic rings. The third-order valence-corrected chi connectivity index (χ3v) is 2.91. The highest BCUT2D eigenvalue weighted by Gasteiger charge is 2.39. The average molecular weight is 212 g/mol.